The molecule has 1 N–H and O–H groups in total. The van der Waals surface area contributed by atoms with E-state index in [1.54, 1.807) is 0 Å². The number of carbonyl (C=O) groups is 2. The highest BCUT2D eigenvalue weighted by atomic mass is 16.2. The van der Waals surface area contributed by atoms with Crippen LogP contribution < -0.4 is 5.32 Å². The second-order valence-electron chi connectivity index (χ2n) is 6.68. The van der Waals surface area contributed by atoms with Crippen molar-refractivity contribution in [1.82, 2.24) is 14.5 Å². The van der Waals surface area contributed by atoms with Gasteiger partial charge in [-0.05, 0) is 37.5 Å². The van der Waals surface area contributed by atoms with Gasteiger partial charge < -0.3 is 14.8 Å². The Kier molecular flexibility index (Phi) is 5.36. The number of aromatic nitrogens is 2. The highest BCUT2D eigenvalue weighted by Gasteiger charge is 2.18. The van der Waals surface area contributed by atoms with Gasteiger partial charge in [-0.15, -0.1) is 0 Å². The lowest BCUT2D eigenvalue weighted by Crippen LogP contribution is -2.36. The Morgan fingerprint density at radius 2 is 2.16 bits per heavy atom. The maximum atomic E-state index is 11.9. The summed E-state index contributed by atoms with van der Waals surface area (Å²) < 4.78 is 2.07. The van der Waals surface area contributed by atoms with E-state index in [-0.39, 0.29) is 11.8 Å². The van der Waals surface area contributed by atoms with Crippen LogP contribution in [0, 0.1) is 0 Å². The number of anilines is 1. The number of imidazole rings is 1. The number of rotatable bonds is 6. The van der Waals surface area contributed by atoms with Crippen LogP contribution in [0.3, 0.4) is 0 Å². The Labute approximate surface area is 148 Å². The van der Waals surface area contributed by atoms with Crippen molar-refractivity contribution in [2.24, 2.45) is 7.05 Å². The number of piperidine rings is 1. The Morgan fingerprint density at radius 3 is 2.92 bits per heavy atom. The number of fused-ring (bicyclic) bond motifs is 1. The quantitative estimate of drug-likeness (QED) is 0.878. The van der Waals surface area contributed by atoms with Crippen molar-refractivity contribution in [1.29, 1.82) is 0 Å². The summed E-state index contributed by atoms with van der Waals surface area (Å²) in [6, 6.07) is 5.81. The maximum Gasteiger partial charge on any atom is 0.224 e. The topological polar surface area (TPSA) is 67.2 Å². The molecule has 1 aliphatic rings. The average molecular weight is 342 g/mol. The maximum absolute atomic E-state index is 11.9. The Bertz CT molecular complexity index is 781. The summed E-state index contributed by atoms with van der Waals surface area (Å²) in [6.45, 7) is 3.56. The smallest absolute Gasteiger partial charge is 0.224 e. The van der Waals surface area contributed by atoms with Crippen LogP contribution in [0.4, 0.5) is 5.69 Å². The van der Waals surface area contributed by atoms with Crippen LogP contribution in [0.5, 0.6) is 0 Å². The Morgan fingerprint density at radius 1 is 1.32 bits per heavy atom. The van der Waals surface area contributed by atoms with E-state index >= 15 is 0 Å². The van der Waals surface area contributed by atoms with Gasteiger partial charge in [-0.25, -0.2) is 4.98 Å². The van der Waals surface area contributed by atoms with E-state index in [0.29, 0.717) is 12.8 Å². The molecule has 6 heteroatoms. The second kappa shape index (κ2) is 7.68. The summed E-state index contributed by atoms with van der Waals surface area (Å²) in [5.41, 5.74) is 2.69. The molecule has 134 valence electrons. The molecule has 1 aliphatic heterocycles. The monoisotopic (exact) mass is 342 g/mol. The lowest BCUT2D eigenvalue weighted by molar-refractivity contribution is -0.133. The zero-order chi connectivity index (χ0) is 17.8. The van der Waals surface area contributed by atoms with Gasteiger partial charge in [-0.1, -0.05) is 6.92 Å². The minimum absolute atomic E-state index is 0.0293. The summed E-state index contributed by atoms with van der Waals surface area (Å²) >= 11 is 0. The molecular weight excluding hydrogens is 316 g/mol. The van der Waals surface area contributed by atoms with Gasteiger partial charge >= 0.3 is 0 Å². The van der Waals surface area contributed by atoms with E-state index in [1.165, 1.54) is 0 Å². The fourth-order valence-electron chi connectivity index (χ4n) is 3.33. The van der Waals surface area contributed by atoms with Gasteiger partial charge in [0.2, 0.25) is 11.8 Å². The van der Waals surface area contributed by atoms with Crippen molar-refractivity contribution in [2.45, 2.75) is 45.4 Å². The molecule has 6 nitrogen and oxygen atoms in total. The van der Waals surface area contributed by atoms with Gasteiger partial charge in [0, 0.05) is 45.1 Å². The van der Waals surface area contributed by atoms with Crippen LogP contribution in [0.1, 0.15) is 44.9 Å². The van der Waals surface area contributed by atoms with Crippen molar-refractivity contribution in [3.8, 4) is 0 Å². The number of nitrogens with zero attached hydrogens (tertiary/aromatic N) is 3. The minimum atomic E-state index is 0.0293. The number of nitrogens with one attached hydrogen (secondary N) is 1. The molecule has 0 saturated carbocycles. The van der Waals surface area contributed by atoms with Gasteiger partial charge in [-0.3, -0.25) is 9.59 Å². The lowest BCUT2D eigenvalue weighted by Gasteiger charge is -2.26. The van der Waals surface area contributed by atoms with E-state index in [0.717, 1.165) is 61.3 Å². The molecule has 1 aromatic carbocycles. The van der Waals surface area contributed by atoms with Crippen LogP contribution in [-0.2, 0) is 23.1 Å². The normalized spacial score (nSPS) is 15.0. The van der Waals surface area contributed by atoms with E-state index in [4.69, 9.17) is 4.98 Å². The van der Waals surface area contributed by atoms with Crippen molar-refractivity contribution in [3.05, 3.63) is 24.0 Å². The highest BCUT2D eigenvalue weighted by molar-refractivity contribution is 5.93. The van der Waals surface area contributed by atoms with Gasteiger partial charge in [-0.2, -0.15) is 0 Å². The van der Waals surface area contributed by atoms with Gasteiger partial charge in [0.1, 0.15) is 5.82 Å². The number of hydrogen-bond acceptors (Lipinski definition) is 3. The SMILES string of the molecule is CCCC(=O)Nc1ccc2c(c1)nc(CCN1CCCCC1=O)n2C. The van der Waals surface area contributed by atoms with E-state index in [1.807, 2.05) is 37.1 Å². The number of amides is 2. The average Bonchev–Trinajstić information content (AvgIpc) is 2.90. The number of hydrogen-bond donors (Lipinski definition) is 1. The van der Waals surface area contributed by atoms with Crippen LogP contribution in [0.25, 0.3) is 11.0 Å². The molecule has 0 aliphatic carbocycles. The predicted octanol–water partition coefficient (Wildman–Crippen LogP) is 2.87. The third-order valence-corrected chi connectivity index (χ3v) is 4.76. The van der Waals surface area contributed by atoms with Crippen molar-refractivity contribution in [3.63, 3.8) is 0 Å². The van der Waals surface area contributed by atoms with Crippen molar-refractivity contribution in [2.75, 3.05) is 18.4 Å². The van der Waals surface area contributed by atoms with Crippen molar-refractivity contribution < 1.29 is 9.59 Å². The first-order valence-electron chi connectivity index (χ1n) is 9.11. The summed E-state index contributed by atoms with van der Waals surface area (Å²) in [5.74, 6) is 1.25. The molecule has 0 bridgehead atoms. The molecule has 0 spiro atoms. The van der Waals surface area contributed by atoms with Gasteiger partial charge in [0.25, 0.3) is 0 Å². The second-order valence-corrected chi connectivity index (χ2v) is 6.68. The molecule has 0 radical (unpaired) electrons. The molecule has 2 aromatic rings. The van der Waals surface area contributed by atoms with Gasteiger partial charge in [0.15, 0.2) is 0 Å². The van der Waals surface area contributed by atoms with Crippen LogP contribution in [0.15, 0.2) is 18.2 Å². The fraction of sp³-hybridized carbons (Fsp3) is 0.526. The standard InChI is InChI=1S/C19H26N4O2/c1-3-6-18(24)20-14-8-9-16-15(13-14)21-17(22(16)2)10-12-23-11-5-4-7-19(23)25/h8-9,13H,3-7,10-12H2,1-2H3,(H,20,24). The molecule has 1 saturated heterocycles. The van der Waals surface area contributed by atoms with E-state index < -0.39 is 0 Å². The zero-order valence-electron chi connectivity index (χ0n) is 15.0. The minimum Gasteiger partial charge on any atom is -0.342 e. The Balaban J connectivity index is 1.72. The highest BCUT2D eigenvalue weighted by Crippen LogP contribution is 2.21. The number of likely N-dealkylation sites (tertiary alicyclic amines) is 1. The Hall–Kier alpha value is -2.37. The van der Waals surface area contributed by atoms with E-state index in [9.17, 15) is 9.59 Å². The van der Waals surface area contributed by atoms with Crippen LogP contribution >= 0.6 is 0 Å². The number of aryl methyl sites for hydroxylation is 1. The summed E-state index contributed by atoms with van der Waals surface area (Å²) in [4.78, 5) is 30.3. The lowest BCUT2D eigenvalue weighted by atomic mass is 10.1. The first-order chi connectivity index (χ1) is 12.1. The third-order valence-electron chi connectivity index (χ3n) is 4.76. The molecule has 0 atom stereocenters. The first-order valence-corrected chi connectivity index (χ1v) is 9.11. The molecule has 0 unspecified atom stereocenters. The molecule has 3 rings (SSSR count). The summed E-state index contributed by atoms with van der Waals surface area (Å²) in [7, 11) is 2.00. The van der Waals surface area contributed by atoms with E-state index in [2.05, 4.69) is 9.88 Å². The fourth-order valence-corrected chi connectivity index (χ4v) is 3.33. The third kappa shape index (κ3) is 4.00. The molecule has 1 aromatic heterocycles. The molecular formula is C19H26N4O2. The molecule has 2 amide bonds. The van der Waals surface area contributed by atoms with Crippen LogP contribution in [-0.4, -0.2) is 39.4 Å². The number of benzene rings is 1. The molecule has 1 fully saturated rings. The predicted molar refractivity (Wildman–Crippen MR) is 98.4 cm³/mol. The largest absolute Gasteiger partial charge is 0.342 e. The zero-order valence-corrected chi connectivity index (χ0v) is 15.0. The van der Waals surface area contributed by atoms with Crippen molar-refractivity contribution >= 4 is 28.5 Å². The summed E-state index contributed by atoms with van der Waals surface area (Å²) in [5, 5.41) is 2.91. The van der Waals surface area contributed by atoms with Gasteiger partial charge in [0.05, 0.1) is 11.0 Å². The molecule has 25 heavy (non-hydrogen) atoms. The molecule has 2 heterocycles. The number of carbonyl (C=O) groups excluding carboxylic acids is 2. The van der Waals surface area contributed by atoms with Crippen LogP contribution in [0.2, 0.25) is 0 Å². The first kappa shape index (κ1) is 17.5. The summed E-state index contributed by atoms with van der Waals surface area (Å²) in [6.07, 6.45) is 4.87.